The third-order valence-corrected chi connectivity index (χ3v) is 9.81. The molecule has 6 rings (SSSR count). The summed E-state index contributed by atoms with van der Waals surface area (Å²) in [6.45, 7) is 12.4. The summed E-state index contributed by atoms with van der Waals surface area (Å²) in [6, 6.07) is 16.6. The summed E-state index contributed by atoms with van der Waals surface area (Å²) < 4.78 is 11.5. The lowest BCUT2D eigenvalue weighted by Crippen LogP contribution is -2.56. The lowest BCUT2D eigenvalue weighted by Gasteiger charge is -2.43. The second-order valence-corrected chi connectivity index (χ2v) is 13.0. The van der Waals surface area contributed by atoms with E-state index in [2.05, 4.69) is 60.2 Å². The van der Waals surface area contributed by atoms with Crippen molar-refractivity contribution in [2.75, 3.05) is 82.9 Å². The lowest BCUT2D eigenvalue weighted by atomic mass is 9.94. The van der Waals surface area contributed by atoms with E-state index in [1.54, 1.807) is 6.07 Å². The molecule has 1 atom stereocenters. The van der Waals surface area contributed by atoms with Gasteiger partial charge in [0.1, 0.15) is 18.1 Å². The molecular weight excluding hydrogens is 618 g/mol. The van der Waals surface area contributed by atoms with E-state index in [4.69, 9.17) is 9.47 Å². The Hall–Kier alpha value is -4.57. The summed E-state index contributed by atoms with van der Waals surface area (Å²) in [5, 5.41) is 16.4. The van der Waals surface area contributed by atoms with Crippen molar-refractivity contribution >= 4 is 23.2 Å². The maximum Gasteiger partial charge on any atom is 0.230 e. The number of aromatic nitrogens is 3. The van der Waals surface area contributed by atoms with E-state index in [-0.39, 0.29) is 11.8 Å². The van der Waals surface area contributed by atoms with Crippen molar-refractivity contribution in [3.63, 3.8) is 0 Å². The maximum absolute atomic E-state index is 13.1. The number of piperidine rings is 1. The molecule has 3 fully saturated rings. The normalized spacial score (nSPS) is 18.0. The molecule has 2 aromatic carbocycles. The summed E-state index contributed by atoms with van der Waals surface area (Å²) in [4.78, 5) is 33.3. The molecular formula is C37H47N9O3. The van der Waals surface area contributed by atoms with Gasteiger partial charge in [0.2, 0.25) is 11.9 Å². The maximum atomic E-state index is 13.1. The first kappa shape index (κ1) is 34.3. The molecule has 1 aromatic heterocycles. The zero-order chi connectivity index (χ0) is 34.0. The van der Waals surface area contributed by atoms with Crippen LogP contribution in [-0.4, -0.2) is 109 Å². The minimum atomic E-state index is -0.0260. The standard InChI is InChI=1S/C37H47N9O3/c1-3-4-28(11-14-39-2)36(47)46-15-12-27(13-16-46)23-49-34-10-5-29(21-30(34)22-38)35-40-26-41-37(43-35)42-31-6-8-32(9-7-31)44-17-19-45(20-18-44)33-24-48-25-33/h3,5-10,21,26-28,33,39H,1,4,11-20,23-25H2,2H3,(H,40,41,42,43). The summed E-state index contributed by atoms with van der Waals surface area (Å²) >= 11 is 0. The van der Waals surface area contributed by atoms with Crippen LogP contribution in [0.3, 0.4) is 0 Å². The van der Waals surface area contributed by atoms with Crippen LogP contribution in [0.25, 0.3) is 11.4 Å². The molecule has 258 valence electrons. The van der Waals surface area contributed by atoms with Crippen LogP contribution >= 0.6 is 0 Å². The number of hydrogen-bond acceptors (Lipinski definition) is 11. The van der Waals surface area contributed by atoms with Crippen LogP contribution in [0.15, 0.2) is 61.4 Å². The van der Waals surface area contributed by atoms with E-state index in [0.29, 0.717) is 53.6 Å². The number of nitrogens with one attached hydrogen (secondary N) is 2. The second kappa shape index (κ2) is 16.7. The number of piperazine rings is 1. The van der Waals surface area contributed by atoms with Gasteiger partial charge in [0.15, 0.2) is 5.82 Å². The molecule has 3 aliphatic rings. The van der Waals surface area contributed by atoms with Crippen molar-refractivity contribution in [2.45, 2.75) is 31.7 Å². The number of nitriles is 1. The van der Waals surface area contributed by atoms with Crippen molar-refractivity contribution in [1.29, 1.82) is 5.26 Å². The van der Waals surface area contributed by atoms with E-state index >= 15 is 0 Å². The third-order valence-electron chi connectivity index (χ3n) is 9.81. The predicted octanol–water partition coefficient (Wildman–Crippen LogP) is 4.09. The Labute approximate surface area is 289 Å². The van der Waals surface area contributed by atoms with Crippen molar-refractivity contribution in [3.05, 3.63) is 67.0 Å². The van der Waals surface area contributed by atoms with Gasteiger partial charge in [0, 0.05) is 62.1 Å². The largest absolute Gasteiger partial charge is 0.492 e. The Morgan fingerprint density at radius 2 is 1.88 bits per heavy atom. The fraction of sp³-hybridized carbons (Fsp3) is 0.486. The molecule has 0 spiro atoms. The van der Waals surface area contributed by atoms with Crippen LogP contribution in [0.2, 0.25) is 0 Å². The topological polar surface area (TPSA) is 132 Å². The molecule has 12 heteroatoms. The molecule has 3 aliphatic heterocycles. The van der Waals surface area contributed by atoms with Crippen LogP contribution in [0.5, 0.6) is 5.75 Å². The van der Waals surface area contributed by atoms with Crippen LogP contribution in [0.4, 0.5) is 17.3 Å². The van der Waals surface area contributed by atoms with E-state index in [1.807, 2.05) is 42.3 Å². The Kier molecular flexibility index (Phi) is 11.7. The van der Waals surface area contributed by atoms with Crippen LogP contribution < -0.4 is 20.3 Å². The number of allylic oxidation sites excluding steroid dienone is 1. The summed E-state index contributed by atoms with van der Waals surface area (Å²) in [6.07, 6.45) is 6.55. The van der Waals surface area contributed by atoms with Gasteiger partial charge in [0.25, 0.3) is 0 Å². The SMILES string of the molecule is C=CCC(CCNC)C(=O)N1CCC(COc2ccc(-c3ncnc(Nc4ccc(N5CCN(C6COC6)CC5)cc4)n3)cc2C#N)CC1. The fourth-order valence-electron chi connectivity index (χ4n) is 6.69. The Morgan fingerprint density at radius 3 is 2.55 bits per heavy atom. The first-order valence-electron chi connectivity index (χ1n) is 17.4. The van der Waals surface area contributed by atoms with Gasteiger partial charge in [-0.3, -0.25) is 9.69 Å². The number of carbonyl (C=O) groups excluding carboxylic acids is 1. The number of carbonyl (C=O) groups is 1. The number of amides is 1. The van der Waals surface area contributed by atoms with Gasteiger partial charge in [-0.05, 0) is 87.7 Å². The third kappa shape index (κ3) is 8.73. The quantitative estimate of drug-likeness (QED) is 0.242. The zero-order valence-corrected chi connectivity index (χ0v) is 28.4. The molecule has 49 heavy (non-hydrogen) atoms. The Balaban J connectivity index is 1.00. The predicted molar refractivity (Wildman–Crippen MR) is 190 cm³/mol. The number of ether oxygens (including phenoxy) is 2. The smallest absolute Gasteiger partial charge is 0.230 e. The van der Waals surface area contributed by atoms with Gasteiger partial charge in [-0.1, -0.05) is 6.08 Å². The highest BCUT2D eigenvalue weighted by atomic mass is 16.5. The number of hydrogen-bond donors (Lipinski definition) is 2. The van der Waals surface area contributed by atoms with Crippen molar-refractivity contribution in [2.24, 2.45) is 11.8 Å². The molecule has 1 amide bonds. The molecule has 4 heterocycles. The number of nitrogens with zero attached hydrogens (tertiary/aromatic N) is 7. The highest BCUT2D eigenvalue weighted by Crippen LogP contribution is 2.28. The van der Waals surface area contributed by atoms with Crippen molar-refractivity contribution < 1.29 is 14.3 Å². The van der Waals surface area contributed by atoms with Gasteiger partial charge in [-0.15, -0.1) is 6.58 Å². The summed E-state index contributed by atoms with van der Waals surface area (Å²) in [5.41, 5.74) is 3.21. The van der Waals surface area contributed by atoms with Gasteiger partial charge in [-0.2, -0.15) is 10.2 Å². The Bertz CT molecular complexity index is 1590. The highest BCUT2D eigenvalue weighted by molar-refractivity contribution is 5.79. The van der Waals surface area contributed by atoms with Crippen molar-refractivity contribution in [1.82, 2.24) is 30.1 Å². The Morgan fingerprint density at radius 1 is 1.10 bits per heavy atom. The molecule has 3 aromatic rings. The van der Waals surface area contributed by atoms with Gasteiger partial charge >= 0.3 is 0 Å². The monoisotopic (exact) mass is 665 g/mol. The molecule has 2 N–H and O–H groups in total. The van der Waals surface area contributed by atoms with E-state index in [9.17, 15) is 10.1 Å². The molecule has 0 saturated carbocycles. The zero-order valence-electron chi connectivity index (χ0n) is 28.4. The highest BCUT2D eigenvalue weighted by Gasteiger charge is 2.29. The van der Waals surface area contributed by atoms with Crippen molar-refractivity contribution in [3.8, 4) is 23.2 Å². The molecule has 0 aliphatic carbocycles. The fourth-order valence-corrected chi connectivity index (χ4v) is 6.69. The van der Waals surface area contributed by atoms with Gasteiger partial charge in [0.05, 0.1) is 31.4 Å². The number of benzene rings is 2. The molecule has 0 bridgehead atoms. The number of likely N-dealkylation sites (tertiary alicyclic amines) is 1. The minimum Gasteiger partial charge on any atom is -0.492 e. The number of anilines is 3. The molecule has 12 nitrogen and oxygen atoms in total. The summed E-state index contributed by atoms with van der Waals surface area (Å²) in [7, 11) is 1.91. The van der Waals surface area contributed by atoms with Gasteiger partial charge in [-0.25, -0.2) is 9.97 Å². The molecule has 3 saturated heterocycles. The van der Waals surface area contributed by atoms with Crippen LogP contribution in [-0.2, 0) is 9.53 Å². The van der Waals surface area contributed by atoms with Crippen LogP contribution in [0, 0.1) is 23.2 Å². The summed E-state index contributed by atoms with van der Waals surface area (Å²) in [5.74, 6) is 1.93. The van der Waals surface area contributed by atoms with Gasteiger partial charge < -0.3 is 29.9 Å². The van der Waals surface area contributed by atoms with Crippen LogP contribution in [0.1, 0.15) is 31.2 Å². The first-order chi connectivity index (χ1) is 24.0. The number of rotatable bonds is 14. The first-order valence-corrected chi connectivity index (χ1v) is 17.4. The van der Waals surface area contributed by atoms with E-state index in [1.165, 1.54) is 12.0 Å². The average Bonchev–Trinajstić information content (AvgIpc) is 3.12. The average molecular weight is 666 g/mol. The second-order valence-electron chi connectivity index (χ2n) is 13.0. The lowest BCUT2D eigenvalue weighted by molar-refractivity contribution is -0.137. The molecule has 1 unspecified atom stereocenters. The minimum absolute atomic E-state index is 0.0260. The van der Waals surface area contributed by atoms with E-state index in [0.717, 1.165) is 84.0 Å². The van der Waals surface area contributed by atoms with E-state index < -0.39 is 0 Å². The molecule has 0 radical (unpaired) electrons.